The number of benzene rings is 6. The topological polar surface area (TPSA) is 41.1 Å². The smallest absolute Gasteiger partial charge is 0.0706 e. The van der Waals surface area contributed by atoms with Crippen molar-refractivity contribution in [1.29, 1.82) is 0 Å². The monoisotopic (exact) mass is 832 g/mol. The van der Waals surface area contributed by atoms with Gasteiger partial charge in [0.25, 0.3) is 0 Å². The van der Waals surface area contributed by atoms with Crippen LogP contribution in [0.1, 0.15) is 61.1 Å². The third-order valence-corrected chi connectivity index (χ3v) is 12.4. The number of nitrogens with zero attached hydrogens (tertiary/aromatic N) is 3. The van der Waals surface area contributed by atoms with Gasteiger partial charge in [0, 0.05) is 44.0 Å². The van der Waals surface area contributed by atoms with Crippen LogP contribution >= 0.6 is 15.9 Å². The van der Waals surface area contributed by atoms with Gasteiger partial charge in [-0.3, -0.25) is 9.97 Å². The van der Waals surface area contributed by atoms with Crippen LogP contribution in [0.5, 0.6) is 0 Å². The van der Waals surface area contributed by atoms with Crippen LogP contribution in [0.3, 0.4) is 0 Å². The Hall–Kier alpha value is -6.30. The minimum atomic E-state index is -0.0466. The summed E-state index contributed by atoms with van der Waals surface area (Å²) in [5, 5.41) is 3.50. The Bertz CT molecular complexity index is 2640. The number of anilines is 5. The summed E-state index contributed by atoms with van der Waals surface area (Å²) in [5.41, 5.74) is 18.2. The molecule has 1 N–H and O–H groups in total. The third-order valence-electron chi connectivity index (χ3n) is 11.6. The molecular weight excluding hydrogens is 785 g/mol. The second kappa shape index (κ2) is 16.5. The normalized spacial score (nSPS) is 13.7. The van der Waals surface area contributed by atoms with Gasteiger partial charge in [0.2, 0.25) is 0 Å². The maximum absolute atomic E-state index is 4.83. The molecule has 0 bridgehead atoms. The maximum atomic E-state index is 4.83. The average molecular weight is 834 g/mol. The number of rotatable bonds is 3. The first-order chi connectivity index (χ1) is 28.5. The second-order valence-electron chi connectivity index (χ2n) is 16.2. The molecule has 0 unspecified atom stereocenters. The van der Waals surface area contributed by atoms with Crippen LogP contribution in [0.2, 0.25) is 0 Å². The van der Waals surface area contributed by atoms with Crippen LogP contribution < -0.4 is 10.2 Å². The zero-order valence-electron chi connectivity index (χ0n) is 34.5. The highest BCUT2D eigenvalue weighted by Gasteiger charge is 2.37. The number of para-hydroxylation sites is 4. The highest BCUT2D eigenvalue weighted by atomic mass is 79.9. The van der Waals surface area contributed by atoms with Crippen molar-refractivity contribution in [3.05, 3.63) is 220 Å². The van der Waals surface area contributed by atoms with E-state index >= 15 is 0 Å². The van der Waals surface area contributed by atoms with Crippen LogP contribution in [0.25, 0.3) is 22.5 Å². The lowest BCUT2D eigenvalue weighted by Crippen LogP contribution is -2.30. The SMILES string of the molecule is CC1(C)c2ccccc2Nc2ccccc21.Cc1cc(-c2ccccc2)ncc1Br.Cc1cc(-c2ccccc2)ncc1N1c2ccccc2C(C)(C)c2ccccc21. The number of halogens is 1. The van der Waals surface area contributed by atoms with Gasteiger partial charge in [0.15, 0.2) is 0 Å². The lowest BCUT2D eigenvalue weighted by atomic mass is 9.73. The standard InChI is InChI=1S/C27H24N2.C15H15N.C12H10BrN/c1-19-17-23(20-11-5-4-6-12-20)28-18-26(19)29-24-15-9-7-13-21(24)27(2,3)22-14-8-10-16-25(22)29;1-15(2)11-7-3-5-9-13(11)16-14-10-6-4-8-12(14)15;1-9-7-12(14-8-11(9)13)10-5-3-2-4-6-10/h4-18H,1-3H3;3-10,16H,1-2H3;2-8H,1H3. The molecule has 4 heterocycles. The zero-order chi connectivity index (χ0) is 41.1. The van der Waals surface area contributed by atoms with Crippen molar-refractivity contribution in [2.75, 3.05) is 10.2 Å². The van der Waals surface area contributed by atoms with E-state index in [9.17, 15) is 0 Å². The van der Waals surface area contributed by atoms with Gasteiger partial charge in [-0.25, -0.2) is 0 Å². The Balaban J connectivity index is 0.000000136. The first-order valence-corrected chi connectivity index (χ1v) is 21.0. The summed E-state index contributed by atoms with van der Waals surface area (Å²) in [5.74, 6) is 0. The van der Waals surface area contributed by atoms with Gasteiger partial charge in [-0.05, 0) is 99.6 Å². The number of hydrogen-bond donors (Lipinski definition) is 1. The number of pyridine rings is 2. The van der Waals surface area contributed by atoms with Crippen molar-refractivity contribution in [3.8, 4) is 22.5 Å². The Kier molecular flexibility index (Phi) is 11.1. The number of aromatic nitrogens is 2. The van der Waals surface area contributed by atoms with Gasteiger partial charge in [0.05, 0.1) is 34.6 Å². The summed E-state index contributed by atoms with van der Waals surface area (Å²) >= 11 is 3.44. The highest BCUT2D eigenvalue weighted by Crippen LogP contribution is 2.52. The molecule has 0 saturated carbocycles. The first kappa shape index (κ1) is 39.5. The predicted molar refractivity (Wildman–Crippen MR) is 252 cm³/mol. The van der Waals surface area contributed by atoms with Gasteiger partial charge >= 0.3 is 0 Å². The van der Waals surface area contributed by atoms with E-state index in [0.29, 0.717) is 0 Å². The molecular formula is C54H49BrN4. The molecule has 0 atom stereocenters. The van der Waals surface area contributed by atoms with E-state index in [4.69, 9.17) is 4.98 Å². The summed E-state index contributed by atoms with van der Waals surface area (Å²) < 4.78 is 1.05. The molecule has 0 aliphatic carbocycles. The molecule has 2 aromatic heterocycles. The van der Waals surface area contributed by atoms with E-state index < -0.39 is 0 Å². The first-order valence-electron chi connectivity index (χ1n) is 20.2. The van der Waals surface area contributed by atoms with Crippen LogP contribution in [0, 0.1) is 13.8 Å². The lowest BCUT2D eigenvalue weighted by Gasteiger charge is -2.42. The molecule has 59 heavy (non-hydrogen) atoms. The highest BCUT2D eigenvalue weighted by molar-refractivity contribution is 9.10. The molecule has 292 valence electrons. The maximum Gasteiger partial charge on any atom is 0.0706 e. The predicted octanol–water partition coefficient (Wildman–Crippen LogP) is 15.1. The van der Waals surface area contributed by atoms with Crippen LogP contribution in [0.4, 0.5) is 28.4 Å². The molecule has 0 saturated heterocycles. The van der Waals surface area contributed by atoms with Gasteiger partial charge in [0.1, 0.15) is 0 Å². The molecule has 0 spiro atoms. The number of fused-ring (bicyclic) bond motifs is 4. The molecule has 0 fully saturated rings. The number of hydrogen-bond acceptors (Lipinski definition) is 4. The van der Waals surface area contributed by atoms with Crippen molar-refractivity contribution in [1.82, 2.24) is 9.97 Å². The van der Waals surface area contributed by atoms with Gasteiger partial charge in [-0.2, -0.15) is 0 Å². The van der Waals surface area contributed by atoms with E-state index in [1.807, 2.05) is 36.7 Å². The molecule has 8 aromatic rings. The molecule has 2 aliphatic rings. The van der Waals surface area contributed by atoms with Crippen LogP contribution in [-0.4, -0.2) is 9.97 Å². The van der Waals surface area contributed by atoms with Gasteiger partial charge in [-0.15, -0.1) is 0 Å². The summed E-state index contributed by atoms with van der Waals surface area (Å²) in [6.45, 7) is 13.4. The minimum absolute atomic E-state index is 0.0466. The van der Waals surface area contributed by atoms with Crippen molar-refractivity contribution < 1.29 is 0 Å². The van der Waals surface area contributed by atoms with E-state index in [1.54, 1.807) is 0 Å². The molecule has 0 amide bonds. The summed E-state index contributed by atoms with van der Waals surface area (Å²) in [7, 11) is 0. The molecule has 5 heteroatoms. The molecule has 10 rings (SSSR count). The van der Waals surface area contributed by atoms with E-state index in [0.717, 1.165) is 32.7 Å². The van der Waals surface area contributed by atoms with Crippen LogP contribution in [0.15, 0.2) is 187 Å². The second-order valence-corrected chi connectivity index (χ2v) is 17.1. The van der Waals surface area contributed by atoms with Crippen molar-refractivity contribution in [2.45, 2.75) is 52.4 Å². The Morgan fingerprint density at radius 1 is 0.441 bits per heavy atom. The number of aryl methyl sites for hydroxylation is 2. The Labute approximate surface area is 357 Å². The Morgan fingerprint density at radius 3 is 1.31 bits per heavy atom. The largest absolute Gasteiger partial charge is 0.355 e. The zero-order valence-corrected chi connectivity index (χ0v) is 36.1. The van der Waals surface area contributed by atoms with Crippen LogP contribution in [-0.2, 0) is 10.8 Å². The summed E-state index contributed by atoms with van der Waals surface area (Å²) in [6.07, 6.45) is 3.86. The fourth-order valence-corrected chi connectivity index (χ4v) is 8.57. The molecule has 6 aromatic carbocycles. The van der Waals surface area contributed by atoms with Gasteiger partial charge in [-0.1, -0.05) is 161 Å². The molecule has 4 nitrogen and oxygen atoms in total. The fourth-order valence-electron chi connectivity index (χ4n) is 8.35. The summed E-state index contributed by atoms with van der Waals surface area (Å²) in [6, 6.07) is 59.3. The van der Waals surface area contributed by atoms with Crippen molar-refractivity contribution >= 4 is 44.4 Å². The lowest BCUT2D eigenvalue weighted by molar-refractivity contribution is 0.631. The molecule has 2 aliphatic heterocycles. The number of nitrogens with one attached hydrogen (secondary N) is 1. The fraction of sp³-hybridized carbons (Fsp3) is 0.148. The minimum Gasteiger partial charge on any atom is -0.355 e. The third kappa shape index (κ3) is 7.83. The average Bonchev–Trinajstić information content (AvgIpc) is 3.26. The molecule has 0 radical (unpaired) electrons. The van der Waals surface area contributed by atoms with E-state index in [2.05, 4.69) is 218 Å². The van der Waals surface area contributed by atoms with Gasteiger partial charge < -0.3 is 10.2 Å². The Morgan fingerprint density at radius 2 is 0.831 bits per heavy atom. The summed E-state index contributed by atoms with van der Waals surface area (Å²) in [4.78, 5) is 11.6. The van der Waals surface area contributed by atoms with Crippen molar-refractivity contribution in [3.63, 3.8) is 0 Å². The van der Waals surface area contributed by atoms with E-state index in [1.165, 1.54) is 56.1 Å². The van der Waals surface area contributed by atoms with Crippen molar-refractivity contribution in [2.24, 2.45) is 0 Å². The van der Waals surface area contributed by atoms with E-state index in [-0.39, 0.29) is 10.8 Å². The quantitative estimate of drug-likeness (QED) is 0.193.